The monoisotopic (exact) mass is 205 g/mol. The van der Waals surface area contributed by atoms with E-state index in [1.807, 2.05) is 6.07 Å². The van der Waals surface area contributed by atoms with Crippen molar-refractivity contribution in [1.29, 1.82) is 5.26 Å². The fraction of sp³-hybridized carbons (Fsp3) is 0.600. The number of anilines is 2. The molecule has 0 spiro atoms. The normalized spacial score (nSPS) is 17.5. The fourth-order valence-corrected chi connectivity index (χ4v) is 2.18. The molecule has 0 unspecified atom stereocenters. The summed E-state index contributed by atoms with van der Waals surface area (Å²) in [4.78, 5) is 0. The summed E-state index contributed by atoms with van der Waals surface area (Å²) in [7, 11) is 0. The average Bonchev–Trinajstić information content (AvgIpc) is 2.55. The lowest BCUT2D eigenvalue weighted by Gasteiger charge is -2.22. The molecule has 0 aromatic carbocycles. The van der Waals surface area contributed by atoms with Gasteiger partial charge in [-0.3, -0.25) is 0 Å². The van der Waals surface area contributed by atoms with Crippen LogP contribution in [0.4, 0.5) is 11.6 Å². The first-order valence-electron chi connectivity index (χ1n) is 5.27. The minimum Gasteiger partial charge on any atom is -0.383 e. The third-order valence-corrected chi connectivity index (χ3v) is 3.01. The molecular formula is C10H15N5. The van der Waals surface area contributed by atoms with E-state index in [9.17, 15) is 0 Å². The molecule has 0 saturated heterocycles. The van der Waals surface area contributed by atoms with Crippen LogP contribution in [0, 0.1) is 11.3 Å². The largest absolute Gasteiger partial charge is 0.383 e. The number of hydrogen-bond acceptors (Lipinski definition) is 4. The van der Waals surface area contributed by atoms with E-state index in [-0.39, 0.29) is 5.82 Å². The van der Waals surface area contributed by atoms with E-state index >= 15 is 0 Å². The van der Waals surface area contributed by atoms with Crippen LogP contribution in [0.3, 0.4) is 0 Å². The van der Waals surface area contributed by atoms with Crippen molar-refractivity contribution < 1.29 is 0 Å². The standard InChI is InChI=1S/C10H15N5/c11-6-8-9(12)14-15(10(8)13)7-4-2-1-3-5-7/h7H,1-5,13H2,(H2,12,14). The summed E-state index contributed by atoms with van der Waals surface area (Å²) in [6.07, 6.45) is 5.84. The van der Waals surface area contributed by atoms with Crippen molar-refractivity contribution >= 4 is 11.6 Å². The maximum atomic E-state index is 8.85. The molecule has 15 heavy (non-hydrogen) atoms. The van der Waals surface area contributed by atoms with Crippen molar-refractivity contribution in [2.24, 2.45) is 0 Å². The molecule has 80 valence electrons. The third kappa shape index (κ3) is 1.63. The third-order valence-electron chi connectivity index (χ3n) is 3.01. The lowest BCUT2D eigenvalue weighted by molar-refractivity contribution is 0.334. The van der Waals surface area contributed by atoms with E-state index in [1.165, 1.54) is 19.3 Å². The number of aromatic nitrogens is 2. The van der Waals surface area contributed by atoms with Crippen LogP contribution in [0.1, 0.15) is 43.7 Å². The highest BCUT2D eigenvalue weighted by molar-refractivity contribution is 5.61. The minimum atomic E-state index is 0.251. The summed E-state index contributed by atoms with van der Waals surface area (Å²) in [5, 5.41) is 13.0. The van der Waals surface area contributed by atoms with Gasteiger partial charge in [-0.2, -0.15) is 10.4 Å². The van der Waals surface area contributed by atoms with Gasteiger partial charge in [0.05, 0.1) is 6.04 Å². The van der Waals surface area contributed by atoms with Crippen molar-refractivity contribution in [1.82, 2.24) is 9.78 Å². The Labute approximate surface area is 88.7 Å². The first-order chi connectivity index (χ1) is 7.24. The van der Waals surface area contributed by atoms with Crippen LogP contribution in [0.5, 0.6) is 0 Å². The van der Waals surface area contributed by atoms with E-state index in [1.54, 1.807) is 4.68 Å². The Bertz CT molecular complexity index is 395. The maximum Gasteiger partial charge on any atom is 0.165 e. The summed E-state index contributed by atoms with van der Waals surface area (Å²) >= 11 is 0. The summed E-state index contributed by atoms with van der Waals surface area (Å²) in [5.74, 6) is 0.669. The van der Waals surface area contributed by atoms with Crippen molar-refractivity contribution in [2.45, 2.75) is 38.1 Å². The Kier molecular flexibility index (Phi) is 2.50. The van der Waals surface area contributed by atoms with Crippen LogP contribution in [0.15, 0.2) is 0 Å². The quantitative estimate of drug-likeness (QED) is 0.725. The first-order valence-corrected chi connectivity index (χ1v) is 5.27. The van der Waals surface area contributed by atoms with Gasteiger partial charge in [0, 0.05) is 0 Å². The van der Waals surface area contributed by atoms with E-state index in [2.05, 4.69) is 5.10 Å². The number of nitrogens with two attached hydrogens (primary N) is 2. The van der Waals surface area contributed by atoms with Gasteiger partial charge in [-0.25, -0.2) is 4.68 Å². The molecule has 1 aromatic rings. The van der Waals surface area contributed by atoms with Gasteiger partial charge in [0.2, 0.25) is 0 Å². The molecule has 0 bridgehead atoms. The SMILES string of the molecule is N#Cc1c(N)nn(C2CCCCC2)c1N. The van der Waals surface area contributed by atoms with E-state index in [4.69, 9.17) is 16.7 Å². The van der Waals surface area contributed by atoms with Gasteiger partial charge in [-0.05, 0) is 12.8 Å². The highest BCUT2D eigenvalue weighted by atomic mass is 15.3. The van der Waals surface area contributed by atoms with Gasteiger partial charge in [-0.1, -0.05) is 19.3 Å². The summed E-state index contributed by atoms with van der Waals surface area (Å²) in [6.45, 7) is 0. The van der Waals surface area contributed by atoms with Gasteiger partial charge in [0.25, 0.3) is 0 Å². The number of rotatable bonds is 1. The lowest BCUT2D eigenvalue weighted by atomic mass is 9.96. The van der Waals surface area contributed by atoms with Gasteiger partial charge in [0.1, 0.15) is 17.5 Å². The zero-order valence-corrected chi connectivity index (χ0v) is 8.61. The van der Waals surface area contributed by atoms with Gasteiger partial charge < -0.3 is 11.5 Å². The van der Waals surface area contributed by atoms with Gasteiger partial charge in [-0.15, -0.1) is 0 Å². The summed E-state index contributed by atoms with van der Waals surface area (Å²) in [6, 6.07) is 2.31. The highest BCUT2D eigenvalue weighted by Crippen LogP contribution is 2.31. The molecule has 4 N–H and O–H groups in total. The van der Waals surface area contributed by atoms with E-state index < -0.39 is 0 Å². The van der Waals surface area contributed by atoms with Crippen LogP contribution in [0.2, 0.25) is 0 Å². The second kappa shape index (κ2) is 3.81. The molecule has 0 amide bonds. The Morgan fingerprint density at radius 1 is 1.27 bits per heavy atom. The van der Waals surface area contributed by atoms with Crippen molar-refractivity contribution in [3.63, 3.8) is 0 Å². The molecule has 1 fully saturated rings. The van der Waals surface area contributed by atoms with Crippen molar-refractivity contribution in [3.8, 4) is 6.07 Å². The Morgan fingerprint density at radius 3 is 2.47 bits per heavy atom. The molecule has 1 aromatic heterocycles. The molecular weight excluding hydrogens is 190 g/mol. The summed E-state index contributed by atoms with van der Waals surface area (Å²) in [5.41, 5.74) is 11.8. The van der Waals surface area contributed by atoms with Crippen LogP contribution in [0.25, 0.3) is 0 Å². The molecule has 0 radical (unpaired) electrons. The first kappa shape index (κ1) is 9.84. The molecule has 5 nitrogen and oxygen atoms in total. The molecule has 2 rings (SSSR count). The van der Waals surface area contributed by atoms with Crippen LogP contribution >= 0.6 is 0 Å². The van der Waals surface area contributed by atoms with Crippen LogP contribution in [-0.2, 0) is 0 Å². The second-order valence-corrected chi connectivity index (χ2v) is 3.99. The number of nitrogens with zero attached hydrogens (tertiary/aromatic N) is 3. The molecule has 0 aliphatic heterocycles. The molecule has 5 heteroatoms. The molecule has 1 aliphatic carbocycles. The number of nitriles is 1. The molecule has 1 heterocycles. The minimum absolute atomic E-state index is 0.251. The average molecular weight is 205 g/mol. The maximum absolute atomic E-state index is 8.85. The zero-order valence-electron chi connectivity index (χ0n) is 8.61. The van der Waals surface area contributed by atoms with Gasteiger partial charge >= 0.3 is 0 Å². The highest BCUT2D eigenvalue weighted by Gasteiger charge is 2.21. The predicted octanol–water partition coefficient (Wildman–Crippen LogP) is 1.42. The van der Waals surface area contributed by atoms with Crippen LogP contribution < -0.4 is 11.5 Å². The van der Waals surface area contributed by atoms with Crippen molar-refractivity contribution in [3.05, 3.63) is 5.56 Å². The lowest BCUT2D eigenvalue weighted by Crippen LogP contribution is -2.16. The number of nitrogen functional groups attached to an aromatic ring is 2. The topological polar surface area (TPSA) is 93.6 Å². The Morgan fingerprint density at radius 2 is 1.93 bits per heavy atom. The number of hydrogen-bond donors (Lipinski definition) is 2. The van der Waals surface area contributed by atoms with E-state index in [0.29, 0.717) is 17.4 Å². The molecule has 1 saturated carbocycles. The zero-order chi connectivity index (χ0) is 10.8. The predicted molar refractivity (Wildman–Crippen MR) is 57.9 cm³/mol. The van der Waals surface area contributed by atoms with Crippen molar-refractivity contribution in [2.75, 3.05) is 11.5 Å². The van der Waals surface area contributed by atoms with Gasteiger partial charge in [0.15, 0.2) is 5.82 Å². The van der Waals surface area contributed by atoms with E-state index in [0.717, 1.165) is 12.8 Å². The Hall–Kier alpha value is -1.70. The summed E-state index contributed by atoms with van der Waals surface area (Å²) < 4.78 is 1.73. The molecule has 0 atom stereocenters. The van der Waals surface area contributed by atoms with Crippen LogP contribution in [-0.4, -0.2) is 9.78 Å². The fourth-order valence-electron chi connectivity index (χ4n) is 2.18. The Balaban J connectivity index is 2.32. The smallest absolute Gasteiger partial charge is 0.165 e. The molecule has 1 aliphatic rings. The second-order valence-electron chi connectivity index (χ2n) is 3.99.